The number of guanidine groups is 1. The van der Waals surface area contributed by atoms with Gasteiger partial charge in [0.25, 0.3) is 0 Å². The summed E-state index contributed by atoms with van der Waals surface area (Å²) < 4.78 is 0. The zero-order chi connectivity index (χ0) is 20.3. The smallest absolute Gasteiger partial charge is 0.191 e. The number of hydrogen-bond donors (Lipinski definition) is 2. The van der Waals surface area contributed by atoms with Crippen molar-refractivity contribution < 1.29 is 0 Å². The molecule has 2 aliphatic rings. The molecule has 3 rings (SSSR count). The van der Waals surface area contributed by atoms with Crippen LogP contribution in [0.2, 0.25) is 0 Å². The largest absolute Gasteiger partial charge is 0.356 e. The van der Waals surface area contributed by atoms with Gasteiger partial charge in [-0.2, -0.15) is 0 Å². The van der Waals surface area contributed by atoms with Crippen molar-refractivity contribution in [3.8, 4) is 0 Å². The zero-order valence-electron chi connectivity index (χ0n) is 18.9. The third kappa shape index (κ3) is 8.69. The Hall–Kier alpha value is -0.900. The average Bonchev–Trinajstić information content (AvgIpc) is 3.19. The molecule has 2 heterocycles. The molecule has 2 N–H and O–H groups in total. The van der Waals surface area contributed by atoms with E-state index in [9.17, 15) is 0 Å². The number of hydrogen-bond acceptors (Lipinski definition) is 4. The molecule has 1 unspecified atom stereocenters. The van der Waals surface area contributed by atoms with E-state index in [1.165, 1.54) is 70.5 Å². The normalized spacial score (nSPS) is 21.4. The first-order chi connectivity index (χ1) is 14.2. The third-order valence-corrected chi connectivity index (χ3v) is 6.25. The molecule has 0 radical (unpaired) electrons. The molecule has 0 bridgehead atoms. The Bertz CT molecular complexity index is 603. The second-order valence-corrected chi connectivity index (χ2v) is 8.48. The number of nitrogens with one attached hydrogen (secondary N) is 2. The molecule has 170 valence electrons. The molecule has 2 fully saturated rings. The first kappa shape index (κ1) is 25.4. The number of nitrogens with zero attached hydrogens (tertiary/aromatic N) is 4. The van der Waals surface area contributed by atoms with Gasteiger partial charge in [0.1, 0.15) is 0 Å². The van der Waals surface area contributed by atoms with Gasteiger partial charge in [-0.05, 0) is 51.4 Å². The van der Waals surface area contributed by atoms with Crippen LogP contribution in [0.15, 0.2) is 35.3 Å². The molecule has 2 saturated heterocycles. The lowest BCUT2D eigenvalue weighted by atomic mass is 10.2. The highest BCUT2D eigenvalue weighted by Crippen LogP contribution is 2.19. The summed E-state index contributed by atoms with van der Waals surface area (Å²) in [6, 6.07) is 11.4. The first-order valence-corrected chi connectivity index (χ1v) is 11.4. The number of aliphatic imine (C=N–C) groups is 1. The van der Waals surface area contributed by atoms with Gasteiger partial charge >= 0.3 is 0 Å². The van der Waals surface area contributed by atoms with Gasteiger partial charge < -0.3 is 20.4 Å². The predicted molar refractivity (Wildman–Crippen MR) is 138 cm³/mol. The van der Waals surface area contributed by atoms with Crippen molar-refractivity contribution in [2.75, 3.05) is 66.5 Å². The number of benzene rings is 1. The van der Waals surface area contributed by atoms with E-state index in [1.54, 1.807) is 0 Å². The molecule has 1 aromatic rings. The van der Waals surface area contributed by atoms with Crippen molar-refractivity contribution in [2.24, 2.45) is 4.99 Å². The standard InChI is InChI=1S/C23H40N6.HI/c1-24-23(25-12-6-7-13-28-17-15-27(2)16-18-28)26-19-22-11-8-14-29(22)20-21-9-4-3-5-10-21;/h3-5,9-10,22H,6-8,11-20H2,1-2H3,(H2,24,25,26);1H. The minimum absolute atomic E-state index is 0. The van der Waals surface area contributed by atoms with E-state index in [4.69, 9.17) is 0 Å². The van der Waals surface area contributed by atoms with Crippen molar-refractivity contribution >= 4 is 29.9 Å². The summed E-state index contributed by atoms with van der Waals surface area (Å²) in [5.41, 5.74) is 1.40. The van der Waals surface area contributed by atoms with Crippen LogP contribution in [0.3, 0.4) is 0 Å². The van der Waals surface area contributed by atoms with Gasteiger partial charge in [0.05, 0.1) is 0 Å². The SMILES string of the molecule is CN=C(NCCCCN1CCN(C)CC1)NCC1CCCN1Cc1ccccc1.I. The van der Waals surface area contributed by atoms with E-state index < -0.39 is 0 Å². The highest BCUT2D eigenvalue weighted by atomic mass is 127. The number of unbranched alkanes of at least 4 members (excludes halogenated alkanes) is 1. The topological polar surface area (TPSA) is 46.1 Å². The molecule has 0 aliphatic carbocycles. The van der Waals surface area contributed by atoms with E-state index in [0.29, 0.717) is 6.04 Å². The van der Waals surface area contributed by atoms with Crippen molar-refractivity contribution in [3.63, 3.8) is 0 Å². The van der Waals surface area contributed by atoms with Crippen molar-refractivity contribution in [1.82, 2.24) is 25.3 Å². The predicted octanol–water partition coefficient (Wildman–Crippen LogP) is 2.46. The Morgan fingerprint density at radius 3 is 2.53 bits per heavy atom. The number of rotatable bonds is 9. The van der Waals surface area contributed by atoms with Gasteiger partial charge in [-0.1, -0.05) is 30.3 Å². The van der Waals surface area contributed by atoms with E-state index in [1.807, 2.05) is 7.05 Å². The molecule has 30 heavy (non-hydrogen) atoms. The van der Waals surface area contributed by atoms with E-state index >= 15 is 0 Å². The summed E-state index contributed by atoms with van der Waals surface area (Å²) in [5, 5.41) is 7.05. The maximum absolute atomic E-state index is 4.41. The fourth-order valence-corrected chi connectivity index (χ4v) is 4.33. The van der Waals surface area contributed by atoms with Crippen LogP contribution in [0.25, 0.3) is 0 Å². The Morgan fingerprint density at radius 1 is 1.03 bits per heavy atom. The van der Waals surface area contributed by atoms with E-state index in [2.05, 4.69) is 67.7 Å². The minimum atomic E-state index is 0. The van der Waals surface area contributed by atoms with Gasteiger partial charge in [0.2, 0.25) is 0 Å². The summed E-state index contributed by atoms with van der Waals surface area (Å²) in [7, 11) is 4.09. The van der Waals surface area contributed by atoms with Crippen LogP contribution in [-0.4, -0.2) is 93.2 Å². The summed E-state index contributed by atoms with van der Waals surface area (Å²) in [6.07, 6.45) is 5.00. The van der Waals surface area contributed by atoms with E-state index in [0.717, 1.165) is 25.6 Å². The summed E-state index contributed by atoms with van der Waals surface area (Å²) in [6.45, 7) is 10.3. The Balaban J connectivity index is 0.00000320. The van der Waals surface area contributed by atoms with Crippen LogP contribution >= 0.6 is 24.0 Å². The number of piperazine rings is 1. The quantitative estimate of drug-likeness (QED) is 0.223. The highest BCUT2D eigenvalue weighted by Gasteiger charge is 2.24. The van der Waals surface area contributed by atoms with Crippen LogP contribution in [0.5, 0.6) is 0 Å². The summed E-state index contributed by atoms with van der Waals surface area (Å²) in [4.78, 5) is 12.0. The lowest BCUT2D eigenvalue weighted by Crippen LogP contribution is -2.45. The molecule has 0 spiro atoms. The van der Waals surface area contributed by atoms with Gasteiger partial charge in [0.15, 0.2) is 5.96 Å². The lowest BCUT2D eigenvalue weighted by Gasteiger charge is -2.32. The van der Waals surface area contributed by atoms with Crippen LogP contribution < -0.4 is 10.6 Å². The monoisotopic (exact) mass is 528 g/mol. The molecule has 6 nitrogen and oxygen atoms in total. The van der Waals surface area contributed by atoms with Crippen LogP contribution in [0.1, 0.15) is 31.2 Å². The fraction of sp³-hybridized carbons (Fsp3) is 0.696. The molecule has 1 atom stereocenters. The molecule has 1 aromatic carbocycles. The third-order valence-electron chi connectivity index (χ3n) is 6.25. The van der Waals surface area contributed by atoms with Gasteiger partial charge in [0, 0.05) is 58.9 Å². The zero-order valence-corrected chi connectivity index (χ0v) is 21.2. The fourth-order valence-electron chi connectivity index (χ4n) is 4.33. The number of likely N-dealkylation sites (tertiary alicyclic amines) is 1. The molecular weight excluding hydrogens is 487 g/mol. The van der Waals surface area contributed by atoms with Crippen LogP contribution in [0, 0.1) is 0 Å². The van der Waals surface area contributed by atoms with Gasteiger partial charge in [-0.25, -0.2) is 0 Å². The van der Waals surface area contributed by atoms with Crippen LogP contribution in [0.4, 0.5) is 0 Å². The molecule has 0 saturated carbocycles. The van der Waals surface area contributed by atoms with Crippen LogP contribution in [-0.2, 0) is 6.54 Å². The minimum Gasteiger partial charge on any atom is -0.356 e. The molecular formula is C23H41IN6. The average molecular weight is 529 g/mol. The second kappa shape index (κ2) is 14.2. The Morgan fingerprint density at radius 2 is 1.80 bits per heavy atom. The number of halogens is 1. The summed E-state index contributed by atoms with van der Waals surface area (Å²) in [5.74, 6) is 0.941. The highest BCUT2D eigenvalue weighted by molar-refractivity contribution is 14.0. The maximum Gasteiger partial charge on any atom is 0.191 e. The molecule has 0 amide bonds. The molecule has 2 aliphatic heterocycles. The Kier molecular flexibility index (Phi) is 12.0. The van der Waals surface area contributed by atoms with Crippen molar-refractivity contribution in [2.45, 2.75) is 38.3 Å². The first-order valence-electron chi connectivity index (χ1n) is 11.4. The lowest BCUT2D eigenvalue weighted by molar-refractivity contribution is 0.152. The van der Waals surface area contributed by atoms with Crippen molar-refractivity contribution in [3.05, 3.63) is 35.9 Å². The number of likely N-dealkylation sites (N-methyl/N-ethyl adjacent to an activating group) is 1. The van der Waals surface area contributed by atoms with Crippen molar-refractivity contribution in [1.29, 1.82) is 0 Å². The molecule has 7 heteroatoms. The van der Waals surface area contributed by atoms with E-state index in [-0.39, 0.29) is 24.0 Å². The molecule has 0 aromatic heterocycles. The van der Waals surface area contributed by atoms with Gasteiger partial charge in [-0.3, -0.25) is 9.89 Å². The van der Waals surface area contributed by atoms with Gasteiger partial charge in [-0.15, -0.1) is 24.0 Å². The maximum atomic E-state index is 4.41. The Labute approximate surface area is 200 Å². The second-order valence-electron chi connectivity index (χ2n) is 8.48. The summed E-state index contributed by atoms with van der Waals surface area (Å²) >= 11 is 0.